The van der Waals surface area contributed by atoms with Gasteiger partial charge in [0.15, 0.2) is 0 Å². The van der Waals surface area contributed by atoms with Crippen LogP contribution < -0.4 is 9.62 Å². The van der Waals surface area contributed by atoms with E-state index >= 15 is 0 Å². The van der Waals surface area contributed by atoms with Gasteiger partial charge in [0.1, 0.15) is 5.82 Å². The lowest BCUT2D eigenvalue weighted by molar-refractivity contribution is 0.102. The topological polar surface area (TPSA) is 66.5 Å². The molecule has 28 heavy (non-hydrogen) atoms. The van der Waals surface area contributed by atoms with Crippen LogP contribution in [0.5, 0.6) is 0 Å². The number of anilines is 2. The van der Waals surface area contributed by atoms with Gasteiger partial charge in [-0.15, -0.1) is 0 Å². The van der Waals surface area contributed by atoms with Crippen molar-refractivity contribution in [2.75, 3.05) is 16.7 Å². The highest BCUT2D eigenvalue weighted by Crippen LogP contribution is 2.23. The maximum absolute atomic E-state index is 13.9. The van der Waals surface area contributed by atoms with Gasteiger partial charge in [-0.2, -0.15) is 0 Å². The number of nitrogens with one attached hydrogen (secondary N) is 1. The number of amides is 1. The van der Waals surface area contributed by atoms with Crippen molar-refractivity contribution in [3.05, 3.63) is 88.6 Å². The molecule has 0 fully saturated rings. The van der Waals surface area contributed by atoms with E-state index in [1.807, 2.05) is 0 Å². The van der Waals surface area contributed by atoms with E-state index in [-0.39, 0.29) is 16.1 Å². The fraction of sp³-hybridized carbons (Fsp3) is 0.0500. The summed E-state index contributed by atoms with van der Waals surface area (Å²) in [7, 11) is -2.27. The van der Waals surface area contributed by atoms with Crippen molar-refractivity contribution < 1.29 is 17.6 Å². The van der Waals surface area contributed by atoms with Gasteiger partial charge in [0, 0.05) is 17.1 Å². The van der Waals surface area contributed by atoms with E-state index < -0.39 is 21.7 Å². The highest BCUT2D eigenvalue weighted by atomic mass is 79.9. The minimum atomic E-state index is -3.70. The van der Waals surface area contributed by atoms with Crippen LogP contribution in [0.1, 0.15) is 10.4 Å². The highest BCUT2D eigenvalue weighted by Gasteiger charge is 2.21. The Labute approximate surface area is 171 Å². The molecule has 3 rings (SSSR count). The number of halogens is 2. The molecule has 8 heteroatoms. The van der Waals surface area contributed by atoms with Gasteiger partial charge in [0.2, 0.25) is 0 Å². The third-order valence-corrected chi connectivity index (χ3v) is 6.37. The van der Waals surface area contributed by atoms with Gasteiger partial charge in [0.05, 0.1) is 16.3 Å². The van der Waals surface area contributed by atoms with E-state index in [1.54, 1.807) is 24.3 Å². The molecule has 1 N–H and O–H groups in total. The van der Waals surface area contributed by atoms with Crippen molar-refractivity contribution in [1.29, 1.82) is 0 Å². The van der Waals surface area contributed by atoms with Crippen LogP contribution in [-0.2, 0) is 10.0 Å². The SMILES string of the molecule is CN(c1ccc(C(=O)Nc2ccc(Br)cc2F)cc1)S(=O)(=O)c1ccccc1. The van der Waals surface area contributed by atoms with Gasteiger partial charge in [0.25, 0.3) is 15.9 Å². The van der Waals surface area contributed by atoms with Crippen molar-refractivity contribution in [2.45, 2.75) is 4.90 Å². The molecule has 0 aliphatic heterocycles. The molecule has 0 saturated carbocycles. The summed E-state index contributed by atoms with van der Waals surface area (Å²) in [6.45, 7) is 0. The largest absolute Gasteiger partial charge is 0.319 e. The second kappa shape index (κ2) is 8.12. The molecular formula is C20H16BrFN2O3S. The van der Waals surface area contributed by atoms with E-state index in [9.17, 15) is 17.6 Å². The van der Waals surface area contributed by atoms with Crippen molar-refractivity contribution >= 4 is 43.2 Å². The summed E-state index contributed by atoms with van der Waals surface area (Å²) in [6.07, 6.45) is 0. The summed E-state index contributed by atoms with van der Waals surface area (Å²) in [5.41, 5.74) is 0.729. The van der Waals surface area contributed by atoms with Crippen molar-refractivity contribution in [3.8, 4) is 0 Å². The molecule has 0 bridgehead atoms. The van der Waals surface area contributed by atoms with E-state index in [0.717, 1.165) is 4.31 Å². The third-order valence-electron chi connectivity index (χ3n) is 4.07. The van der Waals surface area contributed by atoms with E-state index in [1.165, 1.54) is 55.6 Å². The van der Waals surface area contributed by atoms with Crippen LogP contribution in [0.25, 0.3) is 0 Å². The Morgan fingerprint density at radius 1 is 1.00 bits per heavy atom. The van der Waals surface area contributed by atoms with Gasteiger partial charge in [-0.05, 0) is 54.6 Å². The summed E-state index contributed by atoms with van der Waals surface area (Å²) >= 11 is 3.16. The summed E-state index contributed by atoms with van der Waals surface area (Å²) in [6, 6.07) is 18.4. The van der Waals surface area contributed by atoms with E-state index in [4.69, 9.17) is 0 Å². The van der Waals surface area contributed by atoms with Crippen LogP contribution in [0.3, 0.4) is 0 Å². The second-order valence-corrected chi connectivity index (χ2v) is 8.80. The first-order valence-corrected chi connectivity index (χ1v) is 10.4. The lowest BCUT2D eigenvalue weighted by Gasteiger charge is -2.19. The van der Waals surface area contributed by atoms with Crippen LogP contribution in [0, 0.1) is 5.82 Å². The first-order valence-electron chi connectivity index (χ1n) is 8.19. The van der Waals surface area contributed by atoms with Crippen LogP contribution in [0.2, 0.25) is 0 Å². The summed E-state index contributed by atoms with van der Waals surface area (Å²) in [5, 5.41) is 2.49. The number of hydrogen-bond acceptors (Lipinski definition) is 3. The maximum atomic E-state index is 13.9. The van der Waals surface area contributed by atoms with Gasteiger partial charge in [-0.3, -0.25) is 9.10 Å². The predicted octanol–water partition coefficient (Wildman–Crippen LogP) is 4.67. The Hall–Kier alpha value is -2.71. The zero-order chi connectivity index (χ0) is 20.3. The highest BCUT2D eigenvalue weighted by molar-refractivity contribution is 9.10. The molecule has 0 aromatic heterocycles. The van der Waals surface area contributed by atoms with Crippen molar-refractivity contribution in [3.63, 3.8) is 0 Å². The quantitative estimate of drug-likeness (QED) is 0.599. The molecule has 144 valence electrons. The lowest BCUT2D eigenvalue weighted by Crippen LogP contribution is -2.26. The number of hydrogen-bond donors (Lipinski definition) is 1. The molecule has 0 aliphatic rings. The molecule has 3 aromatic rings. The van der Waals surface area contributed by atoms with E-state index in [2.05, 4.69) is 21.2 Å². The number of carbonyl (C=O) groups is 1. The first-order chi connectivity index (χ1) is 13.3. The smallest absolute Gasteiger partial charge is 0.264 e. The lowest BCUT2D eigenvalue weighted by atomic mass is 10.2. The molecule has 0 radical (unpaired) electrons. The molecule has 0 spiro atoms. The Kier molecular flexibility index (Phi) is 5.81. The molecule has 5 nitrogen and oxygen atoms in total. The molecular weight excluding hydrogens is 447 g/mol. The molecule has 0 unspecified atom stereocenters. The first kappa shape index (κ1) is 20.0. The molecule has 1 amide bonds. The second-order valence-electron chi connectivity index (χ2n) is 5.91. The van der Waals surface area contributed by atoms with Crippen LogP contribution in [-0.4, -0.2) is 21.4 Å². The molecule has 0 saturated heterocycles. The Balaban J connectivity index is 1.78. The summed E-state index contributed by atoms with van der Waals surface area (Å²) < 4.78 is 40.9. The van der Waals surface area contributed by atoms with Gasteiger partial charge in [-0.25, -0.2) is 12.8 Å². The zero-order valence-electron chi connectivity index (χ0n) is 14.8. The molecule has 3 aromatic carbocycles. The maximum Gasteiger partial charge on any atom is 0.264 e. The average molecular weight is 463 g/mol. The molecule has 0 heterocycles. The number of sulfonamides is 1. The average Bonchev–Trinajstić information content (AvgIpc) is 2.70. The van der Waals surface area contributed by atoms with Crippen molar-refractivity contribution in [1.82, 2.24) is 0 Å². The van der Waals surface area contributed by atoms with Crippen LogP contribution in [0.4, 0.5) is 15.8 Å². The third kappa shape index (κ3) is 4.23. The molecule has 0 atom stereocenters. The summed E-state index contributed by atoms with van der Waals surface area (Å²) in [5.74, 6) is -1.06. The zero-order valence-corrected chi connectivity index (χ0v) is 17.2. The van der Waals surface area contributed by atoms with Crippen LogP contribution >= 0.6 is 15.9 Å². The minimum Gasteiger partial charge on any atom is -0.319 e. The van der Waals surface area contributed by atoms with E-state index in [0.29, 0.717) is 10.2 Å². The van der Waals surface area contributed by atoms with Gasteiger partial charge >= 0.3 is 0 Å². The number of carbonyl (C=O) groups excluding carboxylic acids is 1. The summed E-state index contributed by atoms with van der Waals surface area (Å²) in [4.78, 5) is 12.5. The van der Waals surface area contributed by atoms with Gasteiger partial charge in [-0.1, -0.05) is 34.1 Å². The predicted molar refractivity (Wildman–Crippen MR) is 111 cm³/mol. The number of benzene rings is 3. The fourth-order valence-corrected chi connectivity index (χ4v) is 4.05. The number of nitrogens with zero attached hydrogens (tertiary/aromatic N) is 1. The molecule has 0 aliphatic carbocycles. The normalized spacial score (nSPS) is 11.1. The minimum absolute atomic E-state index is 0.0565. The Bertz CT molecular complexity index is 1100. The van der Waals surface area contributed by atoms with Crippen LogP contribution in [0.15, 0.2) is 82.2 Å². The monoisotopic (exact) mass is 462 g/mol. The van der Waals surface area contributed by atoms with Gasteiger partial charge < -0.3 is 5.32 Å². The Morgan fingerprint density at radius 2 is 1.64 bits per heavy atom. The number of rotatable bonds is 5. The van der Waals surface area contributed by atoms with Crippen molar-refractivity contribution in [2.24, 2.45) is 0 Å². The standard InChI is InChI=1S/C20H16BrFN2O3S/c1-24(28(26,27)17-5-3-2-4-6-17)16-10-7-14(8-11-16)20(25)23-19-12-9-15(21)13-18(19)22/h2-13H,1H3,(H,23,25). The Morgan fingerprint density at radius 3 is 2.25 bits per heavy atom. The fourth-order valence-electron chi connectivity index (χ4n) is 2.50.